The van der Waals surface area contributed by atoms with Crippen LogP contribution >= 0.6 is 12.6 Å². The van der Waals surface area contributed by atoms with Crippen molar-refractivity contribution in [2.45, 2.75) is 47.9 Å². The van der Waals surface area contributed by atoms with E-state index in [2.05, 4.69) is 19.6 Å². The molecule has 1 fully saturated rings. The molecule has 0 radical (unpaired) electrons. The van der Waals surface area contributed by atoms with Crippen LogP contribution in [0.5, 0.6) is 0 Å². The second-order valence-corrected chi connectivity index (χ2v) is 12.8. The maximum Gasteiger partial charge on any atom is 0.243 e. The Bertz CT molecular complexity index is 1220. The minimum Gasteiger partial charge on any atom is -0.395 e. The summed E-state index contributed by atoms with van der Waals surface area (Å²) in [6.07, 6.45) is 0.572. The Kier molecular flexibility index (Phi) is 10.3. The summed E-state index contributed by atoms with van der Waals surface area (Å²) in [4.78, 5) is 1.95. The van der Waals surface area contributed by atoms with Crippen molar-refractivity contribution in [3.05, 3.63) is 89.5 Å². The van der Waals surface area contributed by atoms with Gasteiger partial charge in [0.2, 0.25) is 10.0 Å². The first-order valence-electron chi connectivity index (χ1n) is 11.8. The van der Waals surface area contributed by atoms with Crippen LogP contribution in [0.2, 0.25) is 0 Å². The molecule has 9 heteroatoms. The van der Waals surface area contributed by atoms with Crippen molar-refractivity contribution in [2.24, 2.45) is 0 Å². The number of rotatable bonds is 7. The molecule has 0 amide bonds. The number of nitrogens with zero attached hydrogens (tertiary/aromatic N) is 2. The SMILES string of the molecule is Cc1ccc(S(=O)N(CCO)C2CCN(S(=O)(=O)c3ccc(C)cc3)C2)cc1.Cc1ccc(S)cc1. The Labute approximate surface area is 223 Å². The zero-order valence-corrected chi connectivity index (χ0v) is 23.4. The molecule has 1 aliphatic rings. The van der Waals surface area contributed by atoms with Gasteiger partial charge in [-0.25, -0.2) is 16.9 Å². The molecule has 3 aromatic carbocycles. The van der Waals surface area contributed by atoms with Gasteiger partial charge in [0.15, 0.2) is 0 Å². The molecule has 1 saturated heterocycles. The molecule has 0 spiro atoms. The van der Waals surface area contributed by atoms with Crippen LogP contribution in [0.4, 0.5) is 0 Å². The van der Waals surface area contributed by atoms with Gasteiger partial charge < -0.3 is 5.11 Å². The quantitative estimate of drug-likeness (QED) is 0.432. The van der Waals surface area contributed by atoms with Gasteiger partial charge in [-0.2, -0.15) is 4.31 Å². The minimum atomic E-state index is -3.59. The van der Waals surface area contributed by atoms with E-state index < -0.39 is 21.0 Å². The molecular formula is C27H34N2O4S3. The summed E-state index contributed by atoms with van der Waals surface area (Å²) in [7, 11) is -5.04. The lowest BCUT2D eigenvalue weighted by Gasteiger charge is -2.27. The summed E-state index contributed by atoms with van der Waals surface area (Å²) in [6, 6.07) is 22.1. The molecule has 1 aliphatic heterocycles. The fourth-order valence-electron chi connectivity index (χ4n) is 3.86. The number of thiol groups is 1. The Morgan fingerprint density at radius 2 is 1.42 bits per heavy atom. The van der Waals surface area contributed by atoms with E-state index >= 15 is 0 Å². The molecule has 194 valence electrons. The van der Waals surface area contributed by atoms with Crippen molar-refractivity contribution in [2.75, 3.05) is 26.2 Å². The zero-order chi connectivity index (χ0) is 26.3. The minimum absolute atomic E-state index is 0.140. The first-order valence-corrected chi connectivity index (χ1v) is 14.8. The first kappa shape index (κ1) is 28.6. The van der Waals surface area contributed by atoms with Crippen molar-refractivity contribution in [1.82, 2.24) is 8.61 Å². The number of aliphatic hydroxyl groups excluding tert-OH is 1. The van der Waals surface area contributed by atoms with E-state index in [4.69, 9.17) is 0 Å². The predicted molar refractivity (Wildman–Crippen MR) is 148 cm³/mol. The Morgan fingerprint density at radius 3 is 1.92 bits per heavy atom. The number of hydrogen-bond donors (Lipinski definition) is 2. The normalized spacial score (nSPS) is 17.0. The summed E-state index contributed by atoms with van der Waals surface area (Å²) in [6.45, 7) is 6.65. The van der Waals surface area contributed by atoms with Crippen LogP contribution in [0.3, 0.4) is 0 Å². The summed E-state index contributed by atoms with van der Waals surface area (Å²) in [5.41, 5.74) is 3.36. The maximum absolute atomic E-state index is 13.1. The van der Waals surface area contributed by atoms with Crippen LogP contribution in [0.25, 0.3) is 0 Å². The third-order valence-electron chi connectivity index (χ3n) is 5.98. The van der Waals surface area contributed by atoms with Crippen LogP contribution in [0.15, 0.2) is 87.5 Å². The highest BCUT2D eigenvalue weighted by Gasteiger charge is 2.37. The maximum atomic E-state index is 13.1. The zero-order valence-electron chi connectivity index (χ0n) is 20.9. The molecule has 0 aliphatic carbocycles. The molecule has 1 heterocycles. The van der Waals surface area contributed by atoms with Crippen molar-refractivity contribution in [3.8, 4) is 0 Å². The van der Waals surface area contributed by atoms with Crippen LogP contribution < -0.4 is 0 Å². The number of hydrogen-bond acceptors (Lipinski definition) is 5. The number of sulfonamides is 1. The Balaban J connectivity index is 0.000000383. The van der Waals surface area contributed by atoms with Crippen molar-refractivity contribution < 1.29 is 17.7 Å². The van der Waals surface area contributed by atoms with Gasteiger partial charge in [-0.1, -0.05) is 53.1 Å². The molecule has 0 aromatic heterocycles. The summed E-state index contributed by atoms with van der Waals surface area (Å²) in [5, 5.41) is 9.46. The fraction of sp³-hybridized carbons (Fsp3) is 0.333. The molecule has 3 aromatic rings. The molecule has 36 heavy (non-hydrogen) atoms. The number of benzene rings is 3. The van der Waals surface area contributed by atoms with E-state index in [-0.39, 0.29) is 30.6 Å². The summed E-state index contributed by atoms with van der Waals surface area (Å²) in [5.74, 6) is 0. The van der Waals surface area contributed by atoms with Gasteiger partial charge in [-0.3, -0.25) is 0 Å². The molecule has 4 rings (SSSR count). The van der Waals surface area contributed by atoms with E-state index in [1.807, 2.05) is 62.4 Å². The Hall–Kier alpha value is -2.01. The molecule has 6 nitrogen and oxygen atoms in total. The van der Waals surface area contributed by atoms with Crippen molar-refractivity contribution in [3.63, 3.8) is 0 Å². The van der Waals surface area contributed by atoms with Crippen LogP contribution in [0.1, 0.15) is 23.1 Å². The van der Waals surface area contributed by atoms with E-state index in [0.29, 0.717) is 17.9 Å². The van der Waals surface area contributed by atoms with Crippen LogP contribution in [-0.2, 0) is 21.0 Å². The Morgan fingerprint density at radius 1 is 0.917 bits per heavy atom. The highest BCUT2D eigenvalue weighted by atomic mass is 32.2. The largest absolute Gasteiger partial charge is 0.395 e. The summed E-state index contributed by atoms with van der Waals surface area (Å²) < 4.78 is 42.1. The average molecular weight is 547 g/mol. The van der Waals surface area contributed by atoms with Crippen LogP contribution in [0, 0.1) is 20.8 Å². The van der Waals surface area contributed by atoms with Gasteiger partial charge in [-0.15, -0.1) is 12.6 Å². The standard InChI is InChI=1S/C20H26N2O4S2.C7H8S/c1-16-3-7-19(8-4-16)27(24)22(13-14-23)18-11-12-21(15-18)28(25,26)20-9-5-17(2)6-10-20;1-6-2-4-7(8)5-3-6/h3-10,18,23H,11-15H2,1-2H3;2-5,8H,1H3. The van der Waals surface area contributed by atoms with Gasteiger partial charge in [0, 0.05) is 30.6 Å². The first-order chi connectivity index (χ1) is 17.1. The third-order valence-corrected chi connectivity index (χ3v) is 9.74. The van der Waals surface area contributed by atoms with E-state index in [0.717, 1.165) is 16.0 Å². The predicted octanol–water partition coefficient (Wildman–Crippen LogP) is 4.37. The third kappa shape index (κ3) is 7.50. The topological polar surface area (TPSA) is 77.9 Å². The molecular weight excluding hydrogens is 513 g/mol. The van der Waals surface area contributed by atoms with Gasteiger partial charge in [0.25, 0.3) is 0 Å². The van der Waals surface area contributed by atoms with Crippen LogP contribution in [-0.4, -0.2) is 58.6 Å². The lowest BCUT2D eigenvalue weighted by molar-refractivity contribution is 0.234. The molecule has 0 saturated carbocycles. The molecule has 2 atom stereocenters. The van der Waals surface area contributed by atoms with E-state index in [1.165, 1.54) is 9.87 Å². The van der Waals surface area contributed by atoms with E-state index in [1.54, 1.807) is 28.6 Å². The second-order valence-electron chi connectivity index (χ2n) is 8.88. The monoisotopic (exact) mass is 546 g/mol. The van der Waals surface area contributed by atoms with Gasteiger partial charge >= 0.3 is 0 Å². The van der Waals surface area contributed by atoms with Gasteiger partial charge in [0.1, 0.15) is 11.0 Å². The number of aryl methyl sites for hydroxylation is 3. The van der Waals surface area contributed by atoms with Crippen molar-refractivity contribution >= 4 is 33.6 Å². The van der Waals surface area contributed by atoms with Crippen molar-refractivity contribution in [1.29, 1.82) is 0 Å². The second kappa shape index (κ2) is 13.0. The average Bonchev–Trinajstić information content (AvgIpc) is 3.36. The highest BCUT2D eigenvalue weighted by Crippen LogP contribution is 2.26. The fourth-order valence-corrected chi connectivity index (χ4v) is 6.83. The summed E-state index contributed by atoms with van der Waals surface area (Å²) >= 11 is 4.13. The van der Waals surface area contributed by atoms with E-state index in [9.17, 15) is 17.7 Å². The molecule has 2 unspecified atom stereocenters. The lowest BCUT2D eigenvalue weighted by atomic mass is 10.2. The highest BCUT2D eigenvalue weighted by molar-refractivity contribution is 7.89. The van der Waals surface area contributed by atoms with Gasteiger partial charge in [-0.05, 0) is 63.6 Å². The molecule has 0 bridgehead atoms. The lowest BCUT2D eigenvalue weighted by Crippen LogP contribution is -2.41. The smallest absolute Gasteiger partial charge is 0.243 e. The molecule has 1 N–H and O–H groups in total. The number of aliphatic hydroxyl groups is 1. The van der Waals surface area contributed by atoms with Gasteiger partial charge in [0.05, 0.1) is 16.4 Å².